The highest BCUT2D eigenvalue weighted by Gasteiger charge is 2.21. The summed E-state index contributed by atoms with van der Waals surface area (Å²) in [4.78, 5) is 30.9. The van der Waals surface area contributed by atoms with Crippen molar-refractivity contribution in [2.24, 2.45) is 5.92 Å². The van der Waals surface area contributed by atoms with E-state index >= 15 is 0 Å². The Morgan fingerprint density at radius 3 is 2.78 bits per heavy atom. The number of nitrogens with one attached hydrogen (secondary N) is 1. The van der Waals surface area contributed by atoms with E-state index in [4.69, 9.17) is 0 Å². The summed E-state index contributed by atoms with van der Waals surface area (Å²) in [5.41, 5.74) is 1.34. The van der Waals surface area contributed by atoms with Crippen LogP contribution in [-0.2, 0) is 0 Å². The van der Waals surface area contributed by atoms with Gasteiger partial charge in [-0.3, -0.25) is 9.78 Å². The fraction of sp³-hybridized carbons (Fsp3) is 0.438. The summed E-state index contributed by atoms with van der Waals surface area (Å²) >= 11 is 0. The average Bonchev–Trinajstić information content (AvgIpc) is 2.61. The fourth-order valence-electron chi connectivity index (χ4n) is 2.67. The van der Waals surface area contributed by atoms with Gasteiger partial charge in [0.2, 0.25) is 5.95 Å². The van der Waals surface area contributed by atoms with E-state index in [1.54, 1.807) is 12.4 Å². The Morgan fingerprint density at radius 1 is 1.26 bits per heavy atom. The normalized spacial score (nSPS) is 15.4. The summed E-state index contributed by atoms with van der Waals surface area (Å²) in [6.45, 7) is 4.46. The average molecular weight is 312 g/mol. The van der Waals surface area contributed by atoms with Gasteiger partial charge < -0.3 is 10.2 Å². The van der Waals surface area contributed by atoms with Crippen LogP contribution >= 0.6 is 0 Å². The molecule has 0 atom stereocenters. The summed E-state index contributed by atoms with van der Waals surface area (Å²) in [6.07, 6.45) is 8.38. The number of carbonyl (C=O) groups is 1. The molecular weight excluding hydrogens is 292 g/mol. The number of aryl methyl sites for hydroxylation is 1. The minimum atomic E-state index is -0.164. The monoisotopic (exact) mass is 312 g/mol. The molecule has 0 radical (unpaired) electrons. The molecule has 7 nitrogen and oxygen atoms in total. The first-order valence-corrected chi connectivity index (χ1v) is 7.81. The molecule has 1 aliphatic heterocycles. The third-order valence-electron chi connectivity index (χ3n) is 4.03. The lowest BCUT2D eigenvalue weighted by atomic mass is 9.97. The molecule has 0 saturated carbocycles. The topological polar surface area (TPSA) is 83.9 Å². The lowest BCUT2D eigenvalue weighted by Gasteiger charge is -2.32. The van der Waals surface area contributed by atoms with E-state index in [9.17, 15) is 4.79 Å². The number of carbonyl (C=O) groups excluding carboxylic acids is 1. The Kier molecular flexibility index (Phi) is 4.75. The Morgan fingerprint density at radius 2 is 2.09 bits per heavy atom. The van der Waals surface area contributed by atoms with Crippen LogP contribution in [0.3, 0.4) is 0 Å². The van der Waals surface area contributed by atoms with Gasteiger partial charge in [-0.2, -0.15) is 0 Å². The van der Waals surface area contributed by atoms with E-state index < -0.39 is 0 Å². The van der Waals surface area contributed by atoms with Gasteiger partial charge in [0.1, 0.15) is 5.69 Å². The molecule has 3 heterocycles. The molecule has 0 bridgehead atoms. The highest BCUT2D eigenvalue weighted by Crippen LogP contribution is 2.20. The molecule has 1 saturated heterocycles. The van der Waals surface area contributed by atoms with E-state index in [2.05, 4.69) is 30.2 Å². The van der Waals surface area contributed by atoms with E-state index in [0.717, 1.165) is 37.6 Å². The summed E-state index contributed by atoms with van der Waals surface area (Å²) in [5, 5.41) is 2.94. The Bertz CT molecular complexity index is 655. The maximum Gasteiger partial charge on any atom is 0.271 e. The van der Waals surface area contributed by atoms with E-state index in [-0.39, 0.29) is 5.91 Å². The van der Waals surface area contributed by atoms with Gasteiger partial charge in [-0.1, -0.05) is 0 Å². The number of aromatic nitrogens is 4. The van der Waals surface area contributed by atoms with Crippen LogP contribution in [0.1, 0.15) is 29.0 Å². The zero-order valence-electron chi connectivity index (χ0n) is 13.1. The van der Waals surface area contributed by atoms with E-state index in [1.807, 2.05) is 13.0 Å². The Balaban J connectivity index is 1.47. The highest BCUT2D eigenvalue weighted by molar-refractivity contribution is 5.91. The molecule has 0 unspecified atom stereocenters. The van der Waals surface area contributed by atoms with Gasteiger partial charge in [0, 0.05) is 43.9 Å². The number of hydrogen-bond acceptors (Lipinski definition) is 6. The summed E-state index contributed by atoms with van der Waals surface area (Å²) in [6, 6.07) is 1.90. The number of amides is 1. The lowest BCUT2D eigenvalue weighted by Crippen LogP contribution is -2.39. The smallest absolute Gasteiger partial charge is 0.271 e. The molecule has 2 aromatic heterocycles. The molecule has 7 heteroatoms. The van der Waals surface area contributed by atoms with Crippen molar-refractivity contribution in [1.82, 2.24) is 25.3 Å². The first-order chi connectivity index (χ1) is 11.2. The quantitative estimate of drug-likeness (QED) is 0.914. The van der Waals surface area contributed by atoms with Crippen LogP contribution in [0.4, 0.5) is 5.95 Å². The maximum absolute atomic E-state index is 12.0. The Labute approximate surface area is 135 Å². The minimum absolute atomic E-state index is 0.164. The van der Waals surface area contributed by atoms with Crippen LogP contribution in [0.5, 0.6) is 0 Å². The highest BCUT2D eigenvalue weighted by atomic mass is 16.1. The third-order valence-corrected chi connectivity index (χ3v) is 4.03. The molecule has 1 amide bonds. The van der Waals surface area contributed by atoms with Crippen molar-refractivity contribution in [3.8, 4) is 0 Å². The minimum Gasteiger partial charge on any atom is -0.350 e. The second-order valence-electron chi connectivity index (χ2n) is 5.73. The molecule has 1 fully saturated rings. The molecule has 23 heavy (non-hydrogen) atoms. The number of anilines is 1. The zero-order valence-corrected chi connectivity index (χ0v) is 13.1. The van der Waals surface area contributed by atoms with Crippen molar-refractivity contribution in [2.45, 2.75) is 19.8 Å². The predicted octanol–water partition coefficient (Wildman–Crippen LogP) is 1.22. The molecular formula is C16H20N6O. The standard InChI is InChI=1S/C16H20N6O/c1-12-2-5-19-16(21-12)22-8-3-13(4-9-22)10-20-15(23)14-11-17-6-7-18-14/h2,5-7,11,13H,3-4,8-10H2,1H3,(H,20,23). The molecule has 120 valence electrons. The predicted molar refractivity (Wildman–Crippen MR) is 86.1 cm³/mol. The molecule has 1 N–H and O–H groups in total. The second kappa shape index (κ2) is 7.13. The van der Waals surface area contributed by atoms with Gasteiger partial charge in [0.15, 0.2) is 0 Å². The van der Waals surface area contributed by atoms with Crippen LogP contribution in [0.2, 0.25) is 0 Å². The van der Waals surface area contributed by atoms with Gasteiger partial charge in [0.25, 0.3) is 5.91 Å². The number of hydrogen-bond donors (Lipinski definition) is 1. The van der Waals surface area contributed by atoms with Gasteiger partial charge in [-0.05, 0) is 31.7 Å². The van der Waals surface area contributed by atoms with E-state index in [0.29, 0.717) is 18.2 Å². The van der Waals surface area contributed by atoms with Crippen LogP contribution < -0.4 is 10.2 Å². The first kappa shape index (κ1) is 15.3. The largest absolute Gasteiger partial charge is 0.350 e. The lowest BCUT2D eigenvalue weighted by molar-refractivity contribution is 0.0939. The Hall–Kier alpha value is -2.57. The van der Waals surface area contributed by atoms with Gasteiger partial charge in [-0.25, -0.2) is 15.0 Å². The van der Waals surface area contributed by atoms with Gasteiger partial charge >= 0.3 is 0 Å². The van der Waals surface area contributed by atoms with Crippen molar-refractivity contribution in [3.05, 3.63) is 42.2 Å². The van der Waals surface area contributed by atoms with Crippen molar-refractivity contribution < 1.29 is 4.79 Å². The van der Waals surface area contributed by atoms with Crippen molar-refractivity contribution in [3.63, 3.8) is 0 Å². The fourth-order valence-corrected chi connectivity index (χ4v) is 2.67. The first-order valence-electron chi connectivity index (χ1n) is 7.81. The molecule has 1 aliphatic rings. The zero-order chi connectivity index (χ0) is 16.1. The summed E-state index contributed by atoms with van der Waals surface area (Å²) in [7, 11) is 0. The number of nitrogens with zero attached hydrogens (tertiary/aromatic N) is 5. The number of piperidine rings is 1. The third kappa shape index (κ3) is 4.00. The van der Waals surface area contributed by atoms with Crippen LogP contribution in [0, 0.1) is 12.8 Å². The van der Waals surface area contributed by atoms with Crippen LogP contribution in [-0.4, -0.2) is 45.5 Å². The maximum atomic E-state index is 12.0. The molecule has 0 aromatic carbocycles. The van der Waals surface area contributed by atoms with Crippen molar-refractivity contribution in [1.29, 1.82) is 0 Å². The van der Waals surface area contributed by atoms with Crippen LogP contribution in [0.25, 0.3) is 0 Å². The van der Waals surface area contributed by atoms with Crippen molar-refractivity contribution >= 4 is 11.9 Å². The molecule has 0 spiro atoms. The van der Waals surface area contributed by atoms with Gasteiger partial charge in [0.05, 0.1) is 6.20 Å². The summed E-state index contributed by atoms with van der Waals surface area (Å²) in [5.74, 6) is 1.10. The number of rotatable bonds is 4. The molecule has 2 aromatic rings. The molecule has 3 rings (SSSR count). The van der Waals surface area contributed by atoms with E-state index in [1.165, 1.54) is 12.4 Å². The molecule has 0 aliphatic carbocycles. The van der Waals surface area contributed by atoms with Crippen molar-refractivity contribution in [2.75, 3.05) is 24.5 Å². The van der Waals surface area contributed by atoms with Gasteiger partial charge in [-0.15, -0.1) is 0 Å². The second-order valence-corrected chi connectivity index (χ2v) is 5.73. The van der Waals surface area contributed by atoms with Crippen LogP contribution in [0.15, 0.2) is 30.9 Å². The SMILES string of the molecule is Cc1ccnc(N2CCC(CNC(=O)c3cnccn3)CC2)n1. The summed E-state index contributed by atoms with van der Waals surface area (Å²) < 4.78 is 0.